The lowest BCUT2D eigenvalue weighted by atomic mass is 9.95. The standard InChI is InChI=1S/C20H19NO4/c1-13(22)12-21-17(14-8-4-2-5-9-14)16(19(24)20(21)25)18(23)15-10-6-3-7-11-15/h2-11,13,17,22-23H,12H2,1H3/t13-,17+/m1/s1. The molecule has 2 atom stereocenters. The van der Waals surface area contributed by atoms with Gasteiger partial charge in [-0.1, -0.05) is 60.7 Å². The van der Waals surface area contributed by atoms with E-state index in [0.29, 0.717) is 11.1 Å². The number of benzene rings is 2. The SMILES string of the molecule is C[C@@H](O)CN1C(=O)C(=O)C(=C(O)c2ccccc2)[C@@H]1c1ccccc1. The van der Waals surface area contributed by atoms with E-state index in [0.717, 1.165) is 0 Å². The fourth-order valence-corrected chi connectivity index (χ4v) is 3.09. The van der Waals surface area contributed by atoms with Crippen LogP contribution in [0.1, 0.15) is 24.1 Å². The van der Waals surface area contributed by atoms with Gasteiger partial charge in [0.15, 0.2) is 0 Å². The zero-order valence-corrected chi connectivity index (χ0v) is 13.8. The molecule has 0 bridgehead atoms. The molecule has 3 rings (SSSR count). The first-order valence-corrected chi connectivity index (χ1v) is 8.07. The van der Waals surface area contributed by atoms with Gasteiger partial charge in [-0.2, -0.15) is 0 Å². The Hall–Kier alpha value is -2.92. The average Bonchev–Trinajstić information content (AvgIpc) is 2.87. The van der Waals surface area contributed by atoms with Gasteiger partial charge in [-0.3, -0.25) is 9.59 Å². The van der Waals surface area contributed by atoms with Gasteiger partial charge in [0.2, 0.25) is 0 Å². The molecule has 0 aromatic heterocycles. The number of carbonyl (C=O) groups excluding carboxylic acids is 2. The van der Waals surface area contributed by atoms with Crippen LogP contribution < -0.4 is 0 Å². The molecule has 1 aliphatic heterocycles. The number of ketones is 1. The lowest BCUT2D eigenvalue weighted by Crippen LogP contribution is -2.35. The summed E-state index contributed by atoms with van der Waals surface area (Å²) in [7, 11) is 0. The van der Waals surface area contributed by atoms with Crippen molar-refractivity contribution in [1.29, 1.82) is 0 Å². The molecule has 2 aromatic carbocycles. The van der Waals surface area contributed by atoms with Gasteiger partial charge >= 0.3 is 0 Å². The topological polar surface area (TPSA) is 77.8 Å². The second kappa shape index (κ2) is 6.91. The second-order valence-electron chi connectivity index (χ2n) is 6.08. The van der Waals surface area contributed by atoms with E-state index >= 15 is 0 Å². The quantitative estimate of drug-likeness (QED) is 0.510. The minimum atomic E-state index is -0.791. The zero-order chi connectivity index (χ0) is 18.0. The largest absolute Gasteiger partial charge is 0.507 e. The molecule has 0 spiro atoms. The Morgan fingerprint density at radius 1 is 1.04 bits per heavy atom. The predicted octanol–water partition coefficient (Wildman–Crippen LogP) is 2.49. The molecule has 1 fully saturated rings. The average molecular weight is 337 g/mol. The van der Waals surface area contributed by atoms with E-state index in [2.05, 4.69) is 0 Å². The molecule has 2 aromatic rings. The molecule has 128 valence electrons. The van der Waals surface area contributed by atoms with Crippen LogP contribution in [-0.4, -0.2) is 39.5 Å². The molecule has 0 unspecified atom stereocenters. The molecule has 1 aliphatic rings. The van der Waals surface area contributed by atoms with E-state index in [-0.39, 0.29) is 17.9 Å². The first-order valence-electron chi connectivity index (χ1n) is 8.07. The highest BCUT2D eigenvalue weighted by atomic mass is 16.3. The number of Topliss-reactive ketones (excluding diaryl/α,β-unsaturated/α-hetero) is 1. The maximum atomic E-state index is 12.6. The number of carbonyl (C=O) groups is 2. The van der Waals surface area contributed by atoms with Gasteiger partial charge in [-0.15, -0.1) is 0 Å². The first kappa shape index (κ1) is 16.9. The van der Waals surface area contributed by atoms with Crippen LogP contribution in [0.15, 0.2) is 66.2 Å². The second-order valence-corrected chi connectivity index (χ2v) is 6.08. The van der Waals surface area contributed by atoms with Crippen molar-refractivity contribution < 1.29 is 19.8 Å². The molecule has 1 amide bonds. The van der Waals surface area contributed by atoms with Crippen LogP contribution in [0.2, 0.25) is 0 Å². The Balaban J connectivity index is 2.18. The van der Waals surface area contributed by atoms with Gasteiger partial charge in [-0.25, -0.2) is 0 Å². The highest BCUT2D eigenvalue weighted by Gasteiger charge is 2.46. The zero-order valence-electron chi connectivity index (χ0n) is 13.8. The van der Waals surface area contributed by atoms with Crippen molar-refractivity contribution in [2.45, 2.75) is 19.1 Å². The van der Waals surface area contributed by atoms with Crippen LogP contribution in [0.4, 0.5) is 0 Å². The number of nitrogens with zero attached hydrogens (tertiary/aromatic N) is 1. The Kier molecular flexibility index (Phi) is 4.67. The summed E-state index contributed by atoms with van der Waals surface area (Å²) in [5.74, 6) is -1.66. The van der Waals surface area contributed by atoms with Crippen molar-refractivity contribution >= 4 is 17.4 Å². The number of β-amino-alcohol motifs (C(OH)–C–C–N with tert-alkyl or cyclic N) is 1. The maximum Gasteiger partial charge on any atom is 0.295 e. The van der Waals surface area contributed by atoms with Crippen molar-refractivity contribution in [2.75, 3.05) is 6.54 Å². The molecule has 0 saturated carbocycles. The van der Waals surface area contributed by atoms with E-state index in [1.165, 1.54) is 4.90 Å². The number of rotatable bonds is 4. The molecule has 1 saturated heterocycles. The third-order valence-electron chi connectivity index (χ3n) is 4.16. The van der Waals surface area contributed by atoms with Gasteiger partial charge in [0.05, 0.1) is 17.7 Å². The molecule has 0 aliphatic carbocycles. The summed E-state index contributed by atoms with van der Waals surface area (Å²) in [6, 6.07) is 17.0. The molecular weight excluding hydrogens is 318 g/mol. The van der Waals surface area contributed by atoms with Crippen molar-refractivity contribution in [2.24, 2.45) is 0 Å². The lowest BCUT2D eigenvalue weighted by molar-refractivity contribution is -0.140. The van der Waals surface area contributed by atoms with Crippen LogP contribution in [0.5, 0.6) is 0 Å². The molecule has 25 heavy (non-hydrogen) atoms. The Labute approximate surface area is 145 Å². The smallest absolute Gasteiger partial charge is 0.295 e. The highest BCUT2D eigenvalue weighted by Crippen LogP contribution is 2.39. The lowest BCUT2D eigenvalue weighted by Gasteiger charge is -2.26. The van der Waals surface area contributed by atoms with Crippen LogP contribution in [0.25, 0.3) is 5.76 Å². The van der Waals surface area contributed by atoms with Crippen molar-refractivity contribution in [1.82, 2.24) is 4.90 Å². The van der Waals surface area contributed by atoms with Crippen molar-refractivity contribution in [3.8, 4) is 0 Å². The molecule has 2 N–H and O–H groups in total. The Bertz CT molecular complexity index is 812. The summed E-state index contributed by atoms with van der Waals surface area (Å²) in [6.07, 6.45) is -0.791. The van der Waals surface area contributed by atoms with Crippen LogP contribution >= 0.6 is 0 Å². The number of hydrogen-bond acceptors (Lipinski definition) is 4. The first-order chi connectivity index (χ1) is 12.0. The summed E-state index contributed by atoms with van der Waals surface area (Å²) < 4.78 is 0. The Morgan fingerprint density at radius 3 is 2.16 bits per heavy atom. The van der Waals surface area contributed by atoms with Gasteiger partial charge in [0, 0.05) is 12.1 Å². The molecule has 0 radical (unpaired) electrons. The van der Waals surface area contributed by atoms with E-state index in [1.54, 1.807) is 61.5 Å². The summed E-state index contributed by atoms with van der Waals surface area (Å²) in [5.41, 5.74) is 1.22. The minimum Gasteiger partial charge on any atom is -0.507 e. The number of hydrogen-bond donors (Lipinski definition) is 2. The van der Waals surface area contributed by atoms with Crippen molar-refractivity contribution in [3.63, 3.8) is 0 Å². The minimum absolute atomic E-state index is 0.00963. The van der Waals surface area contributed by atoms with E-state index in [4.69, 9.17) is 0 Å². The number of likely N-dealkylation sites (tertiary alicyclic amines) is 1. The Morgan fingerprint density at radius 2 is 1.60 bits per heavy atom. The van der Waals surface area contributed by atoms with Gasteiger partial charge in [0.25, 0.3) is 11.7 Å². The third kappa shape index (κ3) is 3.19. The van der Waals surface area contributed by atoms with Gasteiger partial charge in [-0.05, 0) is 12.5 Å². The summed E-state index contributed by atoms with van der Waals surface area (Å²) >= 11 is 0. The molecule has 1 heterocycles. The normalized spacial score (nSPS) is 20.7. The predicted molar refractivity (Wildman–Crippen MR) is 93.6 cm³/mol. The van der Waals surface area contributed by atoms with Crippen molar-refractivity contribution in [3.05, 3.63) is 77.4 Å². The fourth-order valence-electron chi connectivity index (χ4n) is 3.09. The monoisotopic (exact) mass is 337 g/mol. The third-order valence-corrected chi connectivity index (χ3v) is 4.16. The van der Waals surface area contributed by atoms with E-state index in [9.17, 15) is 19.8 Å². The molecule has 5 heteroatoms. The van der Waals surface area contributed by atoms with Crippen LogP contribution in [0, 0.1) is 0 Å². The van der Waals surface area contributed by atoms with Gasteiger partial charge in [0.1, 0.15) is 5.76 Å². The molecule has 5 nitrogen and oxygen atoms in total. The fraction of sp³-hybridized carbons (Fsp3) is 0.200. The van der Waals surface area contributed by atoms with E-state index < -0.39 is 23.8 Å². The van der Waals surface area contributed by atoms with Gasteiger partial charge < -0.3 is 15.1 Å². The van der Waals surface area contributed by atoms with Crippen LogP contribution in [0.3, 0.4) is 0 Å². The highest BCUT2D eigenvalue weighted by molar-refractivity contribution is 6.46. The van der Waals surface area contributed by atoms with Crippen LogP contribution in [-0.2, 0) is 9.59 Å². The summed E-state index contributed by atoms with van der Waals surface area (Å²) in [6.45, 7) is 1.56. The summed E-state index contributed by atoms with van der Waals surface area (Å²) in [4.78, 5) is 26.4. The number of aliphatic hydroxyl groups is 2. The maximum absolute atomic E-state index is 12.6. The van der Waals surface area contributed by atoms with E-state index in [1.807, 2.05) is 6.07 Å². The summed E-state index contributed by atoms with van der Waals surface area (Å²) in [5, 5.41) is 20.4. The number of aliphatic hydroxyl groups excluding tert-OH is 2. The molecular formula is C20H19NO4. The number of amides is 1.